The lowest BCUT2D eigenvalue weighted by atomic mass is 10.1. The van der Waals surface area contributed by atoms with Crippen molar-refractivity contribution in [2.75, 3.05) is 0 Å². The molecule has 2 N–H and O–H groups in total. The number of primary amides is 1. The van der Waals surface area contributed by atoms with E-state index in [1.165, 1.54) is 24.3 Å². The van der Waals surface area contributed by atoms with Crippen LogP contribution in [0.25, 0.3) is 0 Å². The molecule has 0 saturated carbocycles. The Labute approximate surface area is 152 Å². The molecule has 10 heteroatoms. The summed E-state index contributed by atoms with van der Waals surface area (Å²) in [5.41, 5.74) is 3.72. The number of pyridine rings is 1. The predicted octanol–water partition coefficient (Wildman–Crippen LogP) is 3.53. The molecule has 0 spiro atoms. The highest BCUT2D eigenvalue weighted by atomic mass is 35.5. The van der Waals surface area contributed by atoms with E-state index in [4.69, 9.17) is 17.3 Å². The number of sulfone groups is 1. The third kappa shape index (κ3) is 4.53. The summed E-state index contributed by atoms with van der Waals surface area (Å²) in [5.74, 6) is -0.749. The van der Waals surface area contributed by atoms with E-state index in [9.17, 15) is 26.4 Å². The van der Waals surface area contributed by atoms with Crippen LogP contribution in [-0.2, 0) is 20.8 Å². The van der Waals surface area contributed by atoms with Crippen molar-refractivity contribution in [3.63, 3.8) is 0 Å². The van der Waals surface area contributed by atoms with Gasteiger partial charge in [-0.15, -0.1) is 0 Å². The highest BCUT2D eigenvalue weighted by Crippen LogP contribution is 2.38. The second-order valence-corrected chi connectivity index (χ2v) is 7.98. The normalized spacial score (nSPS) is 13.4. The van der Waals surface area contributed by atoms with Gasteiger partial charge < -0.3 is 5.73 Å². The molecule has 0 aliphatic carbocycles. The van der Waals surface area contributed by atoms with E-state index in [2.05, 4.69) is 4.98 Å². The fourth-order valence-electron chi connectivity index (χ4n) is 2.33. The number of halogens is 4. The van der Waals surface area contributed by atoms with Crippen molar-refractivity contribution in [1.82, 2.24) is 4.98 Å². The molecule has 1 aromatic heterocycles. The van der Waals surface area contributed by atoms with Gasteiger partial charge in [0.25, 0.3) is 0 Å². The Hall–Kier alpha value is -2.13. The SMILES string of the molecule is NC(=O)CC[C@@H](c1ncc(C(F)(F)F)cc1Cl)S(=O)(=O)c1ccccc1. The topological polar surface area (TPSA) is 90.1 Å². The zero-order valence-corrected chi connectivity index (χ0v) is 14.8. The van der Waals surface area contributed by atoms with Crippen molar-refractivity contribution in [2.24, 2.45) is 5.73 Å². The fourth-order valence-corrected chi connectivity index (χ4v) is 4.46. The lowest BCUT2D eigenvalue weighted by molar-refractivity contribution is -0.137. The molecule has 0 saturated heterocycles. The lowest BCUT2D eigenvalue weighted by Crippen LogP contribution is -2.20. The molecule has 1 amide bonds. The Kier molecular flexibility index (Phi) is 5.92. The number of nitrogens with two attached hydrogens (primary N) is 1. The van der Waals surface area contributed by atoms with Crippen LogP contribution in [0.3, 0.4) is 0 Å². The highest BCUT2D eigenvalue weighted by Gasteiger charge is 2.35. The van der Waals surface area contributed by atoms with Crippen LogP contribution < -0.4 is 5.73 Å². The van der Waals surface area contributed by atoms with Crippen molar-refractivity contribution in [1.29, 1.82) is 0 Å². The smallest absolute Gasteiger partial charge is 0.370 e. The maximum Gasteiger partial charge on any atom is 0.417 e. The number of benzene rings is 1. The molecule has 0 aliphatic heterocycles. The summed E-state index contributed by atoms with van der Waals surface area (Å²) in [4.78, 5) is 14.7. The molecule has 0 fully saturated rings. The van der Waals surface area contributed by atoms with Gasteiger partial charge in [0.05, 0.1) is 21.2 Å². The van der Waals surface area contributed by atoms with Gasteiger partial charge in [-0.05, 0) is 24.6 Å². The van der Waals surface area contributed by atoms with Crippen molar-refractivity contribution >= 4 is 27.3 Å². The van der Waals surface area contributed by atoms with Crippen LogP contribution in [0.5, 0.6) is 0 Å². The minimum atomic E-state index is -4.67. The van der Waals surface area contributed by atoms with E-state index < -0.39 is 37.8 Å². The molecule has 1 aromatic carbocycles. The van der Waals surface area contributed by atoms with Crippen LogP contribution in [0.15, 0.2) is 47.5 Å². The van der Waals surface area contributed by atoms with Gasteiger partial charge in [-0.25, -0.2) is 8.42 Å². The average Bonchev–Trinajstić information content (AvgIpc) is 2.55. The zero-order chi connectivity index (χ0) is 19.5. The number of nitrogens with zero attached hydrogens (tertiary/aromatic N) is 1. The predicted molar refractivity (Wildman–Crippen MR) is 89.0 cm³/mol. The highest BCUT2D eigenvalue weighted by molar-refractivity contribution is 7.91. The molecule has 0 unspecified atom stereocenters. The third-order valence-corrected chi connectivity index (χ3v) is 6.04. The number of hydrogen-bond donors (Lipinski definition) is 1. The molecule has 1 heterocycles. The maximum absolute atomic E-state index is 12.9. The Morgan fingerprint density at radius 3 is 2.35 bits per heavy atom. The van der Waals surface area contributed by atoms with Crippen LogP contribution in [0.1, 0.15) is 29.3 Å². The maximum atomic E-state index is 12.9. The van der Waals surface area contributed by atoms with Gasteiger partial charge >= 0.3 is 6.18 Å². The largest absolute Gasteiger partial charge is 0.417 e. The van der Waals surface area contributed by atoms with E-state index >= 15 is 0 Å². The van der Waals surface area contributed by atoms with Gasteiger partial charge in [-0.1, -0.05) is 29.8 Å². The first kappa shape index (κ1) is 20.2. The van der Waals surface area contributed by atoms with E-state index in [0.717, 1.165) is 0 Å². The summed E-state index contributed by atoms with van der Waals surface area (Å²) in [7, 11) is -4.06. The van der Waals surface area contributed by atoms with E-state index in [0.29, 0.717) is 12.3 Å². The standard InChI is InChI=1S/C16H14ClF3N2O3S/c17-12-8-10(16(18,19)20)9-22-15(12)13(6-7-14(21)23)26(24,25)11-4-2-1-3-5-11/h1-5,8-9,13H,6-7H2,(H2,21,23)/t13-/m0/s1. The summed E-state index contributed by atoms with van der Waals surface area (Å²) >= 11 is 5.90. The molecule has 0 radical (unpaired) electrons. The van der Waals surface area contributed by atoms with Crippen molar-refractivity contribution in [2.45, 2.75) is 29.2 Å². The first-order valence-electron chi connectivity index (χ1n) is 7.33. The van der Waals surface area contributed by atoms with Gasteiger partial charge in [-0.2, -0.15) is 13.2 Å². The fraction of sp³-hybridized carbons (Fsp3) is 0.250. The number of carbonyl (C=O) groups is 1. The van der Waals surface area contributed by atoms with Crippen LogP contribution in [0.2, 0.25) is 5.02 Å². The molecule has 140 valence electrons. The Bertz CT molecular complexity index is 903. The second kappa shape index (κ2) is 7.63. The van der Waals surface area contributed by atoms with Gasteiger partial charge in [0.15, 0.2) is 9.84 Å². The summed E-state index contributed by atoms with van der Waals surface area (Å²) < 4.78 is 64.1. The molecule has 2 aromatic rings. The second-order valence-electron chi connectivity index (χ2n) is 5.44. The zero-order valence-electron chi connectivity index (χ0n) is 13.2. The quantitative estimate of drug-likeness (QED) is 0.794. The monoisotopic (exact) mass is 406 g/mol. The number of rotatable bonds is 6. The summed E-state index contributed by atoms with van der Waals surface area (Å²) in [6.45, 7) is 0. The first-order chi connectivity index (χ1) is 12.0. The van der Waals surface area contributed by atoms with Crippen molar-refractivity contribution in [3.05, 3.63) is 58.9 Å². The molecular weight excluding hydrogens is 393 g/mol. The van der Waals surface area contributed by atoms with Gasteiger partial charge in [0, 0.05) is 12.6 Å². The first-order valence-corrected chi connectivity index (χ1v) is 9.26. The minimum Gasteiger partial charge on any atom is -0.370 e. The molecular formula is C16H14ClF3N2O3S. The van der Waals surface area contributed by atoms with Crippen LogP contribution in [-0.4, -0.2) is 19.3 Å². The molecule has 5 nitrogen and oxygen atoms in total. The van der Waals surface area contributed by atoms with Gasteiger partial charge in [-0.3, -0.25) is 9.78 Å². The van der Waals surface area contributed by atoms with Gasteiger partial charge in [0.1, 0.15) is 5.25 Å². The van der Waals surface area contributed by atoms with E-state index in [1.807, 2.05) is 0 Å². The Morgan fingerprint density at radius 1 is 1.23 bits per heavy atom. The summed E-state index contributed by atoms with van der Waals surface area (Å²) in [5, 5.41) is -1.86. The Morgan fingerprint density at radius 2 is 1.85 bits per heavy atom. The molecule has 2 rings (SSSR count). The van der Waals surface area contributed by atoms with Crippen molar-refractivity contribution in [3.8, 4) is 0 Å². The third-order valence-electron chi connectivity index (χ3n) is 3.60. The molecule has 0 aliphatic rings. The number of carbonyl (C=O) groups excluding carboxylic acids is 1. The number of hydrogen-bond acceptors (Lipinski definition) is 4. The minimum absolute atomic E-state index is 0.0627. The van der Waals surface area contributed by atoms with E-state index in [1.54, 1.807) is 6.07 Å². The van der Waals surface area contributed by atoms with Gasteiger partial charge in [0.2, 0.25) is 5.91 Å². The van der Waals surface area contributed by atoms with Crippen LogP contribution in [0.4, 0.5) is 13.2 Å². The number of aromatic nitrogens is 1. The van der Waals surface area contributed by atoms with Crippen LogP contribution >= 0.6 is 11.6 Å². The summed E-state index contributed by atoms with van der Waals surface area (Å²) in [6, 6.07) is 7.90. The van der Waals surface area contributed by atoms with Crippen LogP contribution in [0, 0.1) is 0 Å². The number of amides is 1. The average molecular weight is 407 g/mol. The molecule has 1 atom stereocenters. The summed E-state index contributed by atoms with van der Waals surface area (Å²) in [6.07, 6.45) is -4.71. The van der Waals surface area contributed by atoms with E-state index in [-0.39, 0.29) is 23.4 Å². The van der Waals surface area contributed by atoms with Crippen molar-refractivity contribution < 1.29 is 26.4 Å². The Balaban J connectivity index is 2.54. The lowest BCUT2D eigenvalue weighted by Gasteiger charge is -2.19. The number of alkyl halides is 3. The molecule has 26 heavy (non-hydrogen) atoms. The molecule has 0 bridgehead atoms.